The molecule has 0 aliphatic heterocycles. The molecule has 6 unspecified atom stereocenters. The molecular weight excluding hydrogens is 456 g/mol. The van der Waals surface area contributed by atoms with Gasteiger partial charge in [0.15, 0.2) is 0 Å². The third-order valence-electron chi connectivity index (χ3n) is 5.88. The molecule has 1 aliphatic rings. The molecule has 10 heteroatoms. The quantitative estimate of drug-likeness (QED) is 0.597. The van der Waals surface area contributed by atoms with Crippen LogP contribution in [0, 0.1) is 25.7 Å². The standard InChI is InChI=1S/C22H28O8S2/c1-13-5-9-17(10-6-13)31(25,26)29-21-15(3)20(24)22(16(4)19(21)23)30-32(27,28)18-11-7-14(2)8-12-18/h5-12,15-16,19-24H,1-4H3. The molecule has 2 aromatic rings. The van der Waals surface area contributed by atoms with E-state index in [4.69, 9.17) is 8.37 Å². The van der Waals surface area contributed by atoms with Gasteiger partial charge in [0.25, 0.3) is 20.2 Å². The van der Waals surface area contributed by atoms with Gasteiger partial charge < -0.3 is 10.2 Å². The molecule has 2 N–H and O–H groups in total. The van der Waals surface area contributed by atoms with Crippen molar-refractivity contribution in [3.63, 3.8) is 0 Å². The Morgan fingerprint density at radius 3 is 1.19 bits per heavy atom. The van der Waals surface area contributed by atoms with Gasteiger partial charge in [-0.3, -0.25) is 8.37 Å². The third-order valence-corrected chi connectivity index (χ3v) is 8.53. The smallest absolute Gasteiger partial charge is 0.297 e. The lowest BCUT2D eigenvalue weighted by Crippen LogP contribution is -2.58. The number of aryl methyl sites for hydroxylation is 2. The van der Waals surface area contributed by atoms with Crippen molar-refractivity contribution in [2.24, 2.45) is 11.8 Å². The topological polar surface area (TPSA) is 127 Å². The Hall–Kier alpha value is -1.82. The zero-order valence-electron chi connectivity index (χ0n) is 18.2. The largest absolute Gasteiger partial charge is 0.390 e. The van der Waals surface area contributed by atoms with E-state index in [2.05, 4.69) is 0 Å². The molecule has 1 aliphatic carbocycles. The summed E-state index contributed by atoms with van der Waals surface area (Å²) in [6, 6.07) is 12.1. The molecule has 0 aromatic heterocycles. The van der Waals surface area contributed by atoms with E-state index in [1.54, 1.807) is 24.3 Å². The molecule has 0 saturated heterocycles. The molecular formula is C22H28O8S2. The zero-order valence-corrected chi connectivity index (χ0v) is 19.9. The van der Waals surface area contributed by atoms with Crippen LogP contribution in [0.3, 0.4) is 0 Å². The molecule has 32 heavy (non-hydrogen) atoms. The number of benzene rings is 2. The van der Waals surface area contributed by atoms with Crippen molar-refractivity contribution < 1.29 is 35.4 Å². The highest BCUT2D eigenvalue weighted by atomic mass is 32.2. The fraction of sp³-hybridized carbons (Fsp3) is 0.455. The summed E-state index contributed by atoms with van der Waals surface area (Å²) in [6.45, 7) is 6.58. The first-order valence-electron chi connectivity index (χ1n) is 10.2. The van der Waals surface area contributed by atoms with Crippen molar-refractivity contribution >= 4 is 20.2 Å². The first kappa shape index (κ1) is 24.8. The van der Waals surface area contributed by atoms with E-state index < -0.39 is 56.5 Å². The van der Waals surface area contributed by atoms with E-state index in [0.29, 0.717) is 0 Å². The maximum Gasteiger partial charge on any atom is 0.297 e. The van der Waals surface area contributed by atoms with Crippen LogP contribution in [-0.4, -0.2) is 51.5 Å². The summed E-state index contributed by atoms with van der Waals surface area (Å²) < 4.78 is 61.4. The van der Waals surface area contributed by atoms with Gasteiger partial charge in [0, 0.05) is 11.8 Å². The Kier molecular flexibility index (Phi) is 7.14. The maximum absolute atomic E-state index is 12.7. The average molecular weight is 485 g/mol. The predicted octanol–water partition coefficient (Wildman–Crippen LogP) is 2.16. The van der Waals surface area contributed by atoms with Crippen molar-refractivity contribution in [1.29, 1.82) is 0 Å². The van der Waals surface area contributed by atoms with E-state index in [-0.39, 0.29) is 9.79 Å². The van der Waals surface area contributed by atoms with Gasteiger partial charge in [0.2, 0.25) is 0 Å². The fourth-order valence-electron chi connectivity index (χ4n) is 3.71. The first-order valence-corrected chi connectivity index (χ1v) is 13.0. The highest BCUT2D eigenvalue weighted by molar-refractivity contribution is 7.87. The molecule has 0 heterocycles. The van der Waals surface area contributed by atoms with E-state index in [0.717, 1.165) is 11.1 Å². The fourth-order valence-corrected chi connectivity index (χ4v) is 6.04. The van der Waals surface area contributed by atoms with Crippen LogP contribution >= 0.6 is 0 Å². The Morgan fingerprint density at radius 2 is 0.906 bits per heavy atom. The maximum atomic E-state index is 12.7. The molecule has 0 radical (unpaired) electrons. The highest BCUT2D eigenvalue weighted by Crippen LogP contribution is 2.37. The second-order valence-electron chi connectivity index (χ2n) is 8.36. The van der Waals surface area contributed by atoms with E-state index in [1.807, 2.05) is 13.8 Å². The summed E-state index contributed by atoms with van der Waals surface area (Å²) in [6.07, 6.45) is -5.36. The molecule has 1 fully saturated rings. The molecule has 6 atom stereocenters. The molecule has 0 spiro atoms. The predicted molar refractivity (Wildman–Crippen MR) is 117 cm³/mol. The van der Waals surface area contributed by atoms with Crippen molar-refractivity contribution in [3.05, 3.63) is 59.7 Å². The van der Waals surface area contributed by atoms with Crippen molar-refractivity contribution in [3.8, 4) is 0 Å². The lowest BCUT2D eigenvalue weighted by Gasteiger charge is -2.44. The van der Waals surface area contributed by atoms with E-state index in [1.165, 1.54) is 38.1 Å². The Balaban J connectivity index is 1.81. The van der Waals surface area contributed by atoms with Crippen molar-refractivity contribution in [2.75, 3.05) is 0 Å². The summed E-state index contributed by atoms with van der Waals surface area (Å²) in [4.78, 5) is -0.157. The average Bonchev–Trinajstić information content (AvgIpc) is 2.73. The Morgan fingerprint density at radius 1 is 0.625 bits per heavy atom. The lowest BCUT2D eigenvalue weighted by molar-refractivity contribution is -0.152. The Labute approximate surface area is 189 Å². The van der Waals surface area contributed by atoms with Crippen molar-refractivity contribution in [1.82, 2.24) is 0 Å². The molecule has 3 rings (SSSR count). The summed E-state index contributed by atoms with van der Waals surface area (Å²) in [5, 5.41) is 21.6. The van der Waals surface area contributed by atoms with Crippen LogP contribution in [0.15, 0.2) is 58.3 Å². The Bertz CT molecular complexity index is 1030. The van der Waals surface area contributed by atoms with Gasteiger partial charge in [0.1, 0.15) is 12.2 Å². The molecule has 0 amide bonds. The van der Waals surface area contributed by atoms with E-state index >= 15 is 0 Å². The molecule has 1 saturated carbocycles. The van der Waals surface area contributed by atoms with Gasteiger partial charge in [0.05, 0.1) is 22.0 Å². The van der Waals surface area contributed by atoms with Gasteiger partial charge in [-0.15, -0.1) is 0 Å². The monoisotopic (exact) mass is 484 g/mol. The minimum absolute atomic E-state index is 0.0787. The van der Waals surface area contributed by atoms with Gasteiger partial charge in [-0.25, -0.2) is 0 Å². The zero-order chi connectivity index (χ0) is 23.8. The second kappa shape index (κ2) is 9.20. The minimum atomic E-state index is -4.22. The van der Waals surface area contributed by atoms with Gasteiger partial charge in [-0.05, 0) is 38.1 Å². The van der Waals surface area contributed by atoms with E-state index in [9.17, 15) is 27.0 Å². The molecule has 8 nitrogen and oxygen atoms in total. The summed E-state index contributed by atoms with van der Waals surface area (Å²) >= 11 is 0. The van der Waals surface area contributed by atoms with Crippen LogP contribution in [0.1, 0.15) is 25.0 Å². The first-order chi connectivity index (χ1) is 14.8. The van der Waals surface area contributed by atoms with Crippen LogP contribution in [0.5, 0.6) is 0 Å². The minimum Gasteiger partial charge on any atom is -0.390 e. The van der Waals surface area contributed by atoms with Crippen molar-refractivity contribution in [2.45, 2.75) is 61.9 Å². The van der Waals surface area contributed by atoms with Gasteiger partial charge in [-0.2, -0.15) is 16.8 Å². The second-order valence-corrected chi connectivity index (χ2v) is 11.5. The molecule has 176 valence electrons. The SMILES string of the molecule is Cc1ccc(S(=O)(=O)OC2C(C)C(O)C(OS(=O)(=O)c3ccc(C)cc3)C(C)C2O)cc1. The normalized spacial score (nSPS) is 29.1. The van der Waals surface area contributed by atoms with Crippen LogP contribution in [0.4, 0.5) is 0 Å². The van der Waals surface area contributed by atoms with Gasteiger partial charge in [-0.1, -0.05) is 49.2 Å². The molecule has 0 bridgehead atoms. The third kappa shape index (κ3) is 5.05. The highest BCUT2D eigenvalue weighted by Gasteiger charge is 2.50. The van der Waals surface area contributed by atoms with Crippen LogP contribution in [0.25, 0.3) is 0 Å². The number of hydrogen-bond donors (Lipinski definition) is 2. The van der Waals surface area contributed by atoms with Gasteiger partial charge >= 0.3 is 0 Å². The van der Waals surface area contributed by atoms with Crippen LogP contribution in [0.2, 0.25) is 0 Å². The number of rotatable bonds is 6. The number of aliphatic hydroxyl groups excluding tert-OH is 2. The number of aliphatic hydroxyl groups is 2. The number of hydrogen-bond acceptors (Lipinski definition) is 8. The van der Waals surface area contributed by atoms with Crippen LogP contribution < -0.4 is 0 Å². The summed E-state index contributed by atoms with van der Waals surface area (Å²) in [5.41, 5.74) is 1.74. The summed E-state index contributed by atoms with van der Waals surface area (Å²) in [7, 11) is -8.44. The van der Waals surface area contributed by atoms with Crippen LogP contribution in [-0.2, 0) is 28.6 Å². The lowest BCUT2D eigenvalue weighted by atomic mass is 9.75. The molecule has 2 aromatic carbocycles. The summed E-state index contributed by atoms with van der Waals surface area (Å²) in [5.74, 6) is -1.86.